The second-order valence-electron chi connectivity index (χ2n) is 5.07. The van der Waals surface area contributed by atoms with Gasteiger partial charge in [-0.1, -0.05) is 48.5 Å². The number of hydrogen-bond acceptors (Lipinski definition) is 3. The molecule has 0 radical (unpaired) electrons. The van der Waals surface area contributed by atoms with E-state index in [1.54, 1.807) is 24.0 Å². The Morgan fingerprint density at radius 2 is 1.83 bits per heavy atom. The predicted molar refractivity (Wildman–Crippen MR) is 89.2 cm³/mol. The Kier molecular flexibility index (Phi) is 4.38. The number of ether oxygens (including phenoxy) is 1. The minimum atomic E-state index is -0.244. The van der Waals surface area contributed by atoms with E-state index in [0.717, 1.165) is 11.1 Å². The highest BCUT2D eigenvalue weighted by atomic mass is 16.5. The maximum Gasteiger partial charge on any atom is 0.263 e. The van der Waals surface area contributed by atoms with E-state index in [1.807, 2.05) is 54.6 Å². The van der Waals surface area contributed by atoms with E-state index in [4.69, 9.17) is 4.74 Å². The third kappa shape index (κ3) is 3.77. The van der Waals surface area contributed by atoms with E-state index in [9.17, 15) is 4.79 Å². The van der Waals surface area contributed by atoms with Crippen molar-refractivity contribution in [2.75, 3.05) is 11.9 Å². The number of anilines is 1. The molecule has 0 saturated heterocycles. The van der Waals surface area contributed by atoms with Crippen LogP contribution in [-0.2, 0) is 11.8 Å². The molecule has 1 N–H and O–H groups in total. The molecule has 1 heterocycles. The average Bonchev–Trinajstić information content (AvgIpc) is 2.99. The van der Waals surface area contributed by atoms with Gasteiger partial charge in [-0.25, -0.2) is 0 Å². The molecule has 3 rings (SSSR count). The van der Waals surface area contributed by atoms with Gasteiger partial charge >= 0.3 is 0 Å². The molecule has 1 aromatic heterocycles. The molecule has 0 fully saturated rings. The van der Waals surface area contributed by atoms with Gasteiger partial charge in [0.1, 0.15) is 5.75 Å². The van der Waals surface area contributed by atoms with Crippen molar-refractivity contribution in [1.82, 2.24) is 9.78 Å². The number of benzene rings is 2. The van der Waals surface area contributed by atoms with Crippen molar-refractivity contribution in [3.8, 4) is 16.9 Å². The second kappa shape index (κ2) is 6.79. The van der Waals surface area contributed by atoms with Crippen molar-refractivity contribution in [2.24, 2.45) is 7.05 Å². The molecule has 0 aliphatic rings. The third-order valence-electron chi connectivity index (χ3n) is 3.31. The zero-order chi connectivity index (χ0) is 16.1. The summed E-state index contributed by atoms with van der Waals surface area (Å²) in [5.41, 5.74) is 2.01. The summed E-state index contributed by atoms with van der Waals surface area (Å²) in [6.07, 6.45) is 1.77. The fraction of sp³-hybridized carbons (Fsp3) is 0.111. The van der Waals surface area contributed by atoms with Crippen LogP contribution in [0.5, 0.6) is 5.75 Å². The van der Waals surface area contributed by atoms with Crippen molar-refractivity contribution in [3.63, 3.8) is 0 Å². The lowest BCUT2D eigenvalue weighted by Gasteiger charge is -2.11. The Labute approximate surface area is 134 Å². The van der Waals surface area contributed by atoms with E-state index in [0.29, 0.717) is 11.6 Å². The van der Waals surface area contributed by atoms with Crippen LogP contribution < -0.4 is 10.1 Å². The van der Waals surface area contributed by atoms with Crippen LogP contribution >= 0.6 is 0 Å². The minimum absolute atomic E-state index is 0.0690. The molecule has 23 heavy (non-hydrogen) atoms. The second-order valence-corrected chi connectivity index (χ2v) is 5.07. The summed E-state index contributed by atoms with van der Waals surface area (Å²) in [6.45, 7) is -0.0690. The highest BCUT2D eigenvalue weighted by Crippen LogP contribution is 2.29. The summed E-state index contributed by atoms with van der Waals surface area (Å²) in [7, 11) is 1.79. The van der Waals surface area contributed by atoms with E-state index >= 15 is 0 Å². The molecule has 1 amide bonds. The number of aromatic nitrogens is 2. The highest BCUT2D eigenvalue weighted by Gasteiger charge is 2.09. The SMILES string of the molecule is Cn1ccc(NC(=O)COc2ccccc2-c2ccccc2)n1. The summed E-state index contributed by atoms with van der Waals surface area (Å²) >= 11 is 0. The number of carbonyl (C=O) groups excluding carboxylic acids is 1. The number of para-hydroxylation sites is 1. The molecule has 0 bridgehead atoms. The van der Waals surface area contributed by atoms with Gasteiger partial charge in [0.05, 0.1) is 0 Å². The first-order valence-electron chi connectivity index (χ1n) is 7.29. The summed E-state index contributed by atoms with van der Waals surface area (Å²) in [5.74, 6) is 0.943. The first-order chi connectivity index (χ1) is 11.2. The van der Waals surface area contributed by atoms with Gasteiger partial charge in [0.25, 0.3) is 5.91 Å². The lowest BCUT2D eigenvalue weighted by Crippen LogP contribution is -2.20. The van der Waals surface area contributed by atoms with E-state index in [-0.39, 0.29) is 12.5 Å². The van der Waals surface area contributed by atoms with Crippen molar-refractivity contribution in [3.05, 3.63) is 66.9 Å². The summed E-state index contributed by atoms with van der Waals surface area (Å²) in [6, 6.07) is 19.3. The molecule has 0 unspecified atom stereocenters. The van der Waals surface area contributed by atoms with Crippen LogP contribution in [0.15, 0.2) is 66.9 Å². The molecule has 5 nitrogen and oxygen atoms in total. The van der Waals surface area contributed by atoms with Crippen molar-refractivity contribution in [2.45, 2.75) is 0 Å². The van der Waals surface area contributed by atoms with Gasteiger partial charge in [-0.15, -0.1) is 0 Å². The monoisotopic (exact) mass is 307 g/mol. The number of nitrogens with zero attached hydrogens (tertiary/aromatic N) is 2. The Balaban J connectivity index is 1.68. The number of rotatable bonds is 5. The van der Waals surface area contributed by atoms with Crippen molar-refractivity contribution in [1.29, 1.82) is 0 Å². The van der Waals surface area contributed by atoms with E-state index < -0.39 is 0 Å². The summed E-state index contributed by atoms with van der Waals surface area (Å²) in [5, 5.41) is 6.80. The lowest BCUT2D eigenvalue weighted by atomic mass is 10.1. The standard InChI is InChI=1S/C18H17N3O2/c1-21-12-11-17(20-21)19-18(22)13-23-16-10-6-5-9-15(16)14-7-3-2-4-8-14/h2-12H,13H2,1H3,(H,19,20,22). The Hall–Kier alpha value is -3.08. The van der Waals surface area contributed by atoms with Gasteiger partial charge in [0.15, 0.2) is 12.4 Å². The van der Waals surface area contributed by atoms with Gasteiger partial charge in [0.2, 0.25) is 0 Å². The minimum Gasteiger partial charge on any atom is -0.483 e. The molecule has 0 saturated carbocycles. The fourth-order valence-corrected chi connectivity index (χ4v) is 2.25. The van der Waals surface area contributed by atoms with Crippen molar-refractivity contribution < 1.29 is 9.53 Å². The van der Waals surface area contributed by atoms with Gasteiger partial charge in [-0.3, -0.25) is 9.48 Å². The predicted octanol–water partition coefficient (Wildman–Crippen LogP) is 3.10. The average molecular weight is 307 g/mol. The molecule has 0 spiro atoms. The van der Waals surface area contributed by atoms with Crippen LogP contribution in [0.25, 0.3) is 11.1 Å². The smallest absolute Gasteiger partial charge is 0.263 e. The maximum absolute atomic E-state index is 12.0. The topological polar surface area (TPSA) is 56.2 Å². The Morgan fingerprint density at radius 1 is 1.09 bits per heavy atom. The Morgan fingerprint density at radius 3 is 2.57 bits per heavy atom. The number of hydrogen-bond donors (Lipinski definition) is 1. The maximum atomic E-state index is 12.0. The summed E-state index contributed by atoms with van der Waals surface area (Å²) < 4.78 is 7.31. The molecular weight excluding hydrogens is 290 g/mol. The molecule has 0 aliphatic heterocycles. The van der Waals surface area contributed by atoms with Gasteiger partial charge in [0, 0.05) is 24.9 Å². The van der Waals surface area contributed by atoms with E-state index in [1.165, 1.54) is 0 Å². The molecule has 116 valence electrons. The fourth-order valence-electron chi connectivity index (χ4n) is 2.25. The highest BCUT2D eigenvalue weighted by molar-refractivity contribution is 5.91. The number of aryl methyl sites for hydroxylation is 1. The quantitative estimate of drug-likeness (QED) is 0.788. The molecule has 0 atom stereocenters. The zero-order valence-corrected chi connectivity index (χ0v) is 12.8. The van der Waals surface area contributed by atoms with Crippen LogP contribution in [0.3, 0.4) is 0 Å². The first-order valence-corrected chi connectivity index (χ1v) is 7.29. The molecule has 5 heteroatoms. The number of nitrogens with one attached hydrogen (secondary N) is 1. The first kappa shape index (κ1) is 14.8. The molecule has 2 aromatic carbocycles. The molecular formula is C18H17N3O2. The largest absolute Gasteiger partial charge is 0.483 e. The van der Waals surface area contributed by atoms with Crippen LogP contribution in [0.1, 0.15) is 0 Å². The zero-order valence-electron chi connectivity index (χ0n) is 12.8. The third-order valence-corrected chi connectivity index (χ3v) is 3.31. The Bertz CT molecular complexity index is 797. The molecule has 3 aromatic rings. The number of carbonyl (C=O) groups is 1. The van der Waals surface area contributed by atoms with Crippen LogP contribution in [0.4, 0.5) is 5.82 Å². The van der Waals surface area contributed by atoms with Crippen LogP contribution in [0.2, 0.25) is 0 Å². The van der Waals surface area contributed by atoms with Gasteiger partial charge < -0.3 is 10.1 Å². The van der Waals surface area contributed by atoms with E-state index in [2.05, 4.69) is 10.4 Å². The lowest BCUT2D eigenvalue weighted by molar-refractivity contribution is -0.118. The molecule has 0 aliphatic carbocycles. The summed E-state index contributed by atoms with van der Waals surface area (Å²) in [4.78, 5) is 12.0. The van der Waals surface area contributed by atoms with Gasteiger partial charge in [-0.05, 0) is 11.6 Å². The van der Waals surface area contributed by atoms with Crippen molar-refractivity contribution >= 4 is 11.7 Å². The number of amides is 1. The van der Waals surface area contributed by atoms with Crippen LogP contribution in [-0.4, -0.2) is 22.3 Å². The van der Waals surface area contributed by atoms with Crippen LogP contribution in [0, 0.1) is 0 Å². The normalized spacial score (nSPS) is 10.3. The van der Waals surface area contributed by atoms with Gasteiger partial charge in [-0.2, -0.15) is 5.10 Å².